The van der Waals surface area contributed by atoms with E-state index in [9.17, 15) is 66.3 Å². The summed E-state index contributed by atoms with van der Waals surface area (Å²) in [5.41, 5.74) is -11.1. The molecule has 19 heteroatoms. The fourth-order valence-corrected chi connectivity index (χ4v) is 2.42. The van der Waals surface area contributed by atoms with Gasteiger partial charge in [0.25, 0.3) is 0 Å². The average Bonchev–Trinajstić information content (AvgIpc) is 2.57. The van der Waals surface area contributed by atoms with Crippen molar-refractivity contribution >= 4 is 24.2 Å². The number of carbonyl (C=O) groups excluding carboxylic acids is 1. The molecular formula is C14H8BF14NO3. The van der Waals surface area contributed by atoms with Crippen molar-refractivity contribution in [3.63, 3.8) is 0 Å². The van der Waals surface area contributed by atoms with Crippen LogP contribution in [0, 0.1) is 0 Å². The number of benzene rings is 1. The molecule has 0 saturated heterocycles. The third-order valence-electron chi connectivity index (χ3n) is 3.97. The van der Waals surface area contributed by atoms with Gasteiger partial charge in [0, 0.05) is 6.92 Å². The van der Waals surface area contributed by atoms with Crippen molar-refractivity contribution in [2.24, 2.45) is 0 Å². The first-order chi connectivity index (χ1) is 14.4. The molecule has 0 unspecified atom stereocenters. The van der Waals surface area contributed by atoms with Crippen molar-refractivity contribution in [2.45, 2.75) is 43.0 Å². The standard InChI is InChI=1S/C14H8BF14NO3/c1-4(31)30-8-5(9(16,17)11(20,21)13(24,25)26)2-3-6(15(32)33)7(8)10(18,19)12(22,23)14(27,28)29/h2-3,32-33H,1H3,(H,30,31). The third-order valence-corrected chi connectivity index (χ3v) is 3.97. The first-order valence-electron chi connectivity index (χ1n) is 7.82. The smallest absolute Gasteiger partial charge is 0.423 e. The molecule has 0 aliphatic rings. The maximum absolute atomic E-state index is 14.4. The van der Waals surface area contributed by atoms with Crippen molar-refractivity contribution < 1.29 is 76.3 Å². The molecule has 0 bridgehead atoms. The molecule has 0 aliphatic heterocycles. The Labute approximate surface area is 173 Å². The summed E-state index contributed by atoms with van der Waals surface area (Å²) < 4.78 is 186. The number of carbonyl (C=O) groups is 1. The van der Waals surface area contributed by atoms with Crippen LogP contribution in [0.2, 0.25) is 0 Å². The van der Waals surface area contributed by atoms with Gasteiger partial charge in [-0.3, -0.25) is 4.79 Å². The zero-order valence-electron chi connectivity index (χ0n) is 15.3. The van der Waals surface area contributed by atoms with E-state index in [0.717, 1.165) is 5.32 Å². The number of amides is 1. The molecular weight excluding hydrogens is 507 g/mol. The Morgan fingerprint density at radius 3 is 1.48 bits per heavy atom. The van der Waals surface area contributed by atoms with Gasteiger partial charge < -0.3 is 15.4 Å². The molecule has 0 fully saturated rings. The normalized spacial score (nSPS) is 14.3. The van der Waals surface area contributed by atoms with Gasteiger partial charge >= 0.3 is 43.2 Å². The zero-order chi connectivity index (χ0) is 26.6. The summed E-state index contributed by atoms with van der Waals surface area (Å²) >= 11 is 0. The Hall–Kier alpha value is -2.31. The highest BCUT2D eigenvalue weighted by molar-refractivity contribution is 6.59. The molecule has 4 nitrogen and oxygen atoms in total. The van der Waals surface area contributed by atoms with E-state index in [0.29, 0.717) is 0 Å². The van der Waals surface area contributed by atoms with E-state index in [1.165, 1.54) is 0 Å². The Balaban J connectivity index is 4.26. The second kappa shape index (κ2) is 8.17. The number of nitrogens with one attached hydrogen (secondary N) is 1. The van der Waals surface area contributed by atoms with Gasteiger partial charge in [0.1, 0.15) is 0 Å². The second-order valence-corrected chi connectivity index (χ2v) is 6.30. The van der Waals surface area contributed by atoms with Crippen molar-refractivity contribution in [1.29, 1.82) is 0 Å². The molecule has 188 valence electrons. The lowest BCUT2D eigenvalue weighted by Gasteiger charge is -2.34. The number of rotatable bonds is 6. The second-order valence-electron chi connectivity index (χ2n) is 6.30. The summed E-state index contributed by atoms with van der Waals surface area (Å²) in [5, 5.41) is 18.9. The van der Waals surface area contributed by atoms with Crippen LogP contribution in [0.3, 0.4) is 0 Å². The molecule has 0 aromatic heterocycles. The van der Waals surface area contributed by atoms with Gasteiger partial charge in [0.15, 0.2) is 0 Å². The number of alkyl halides is 14. The maximum atomic E-state index is 14.4. The minimum atomic E-state index is -7.24. The van der Waals surface area contributed by atoms with Gasteiger partial charge in [-0.1, -0.05) is 12.1 Å². The van der Waals surface area contributed by atoms with Crippen molar-refractivity contribution in [3.05, 3.63) is 23.3 Å². The molecule has 0 saturated carbocycles. The lowest BCUT2D eigenvalue weighted by Crippen LogP contribution is -2.54. The van der Waals surface area contributed by atoms with E-state index in [-0.39, 0.29) is 6.92 Å². The van der Waals surface area contributed by atoms with Crippen molar-refractivity contribution in [1.82, 2.24) is 0 Å². The van der Waals surface area contributed by atoms with E-state index in [1.807, 2.05) is 0 Å². The summed E-state index contributed by atoms with van der Waals surface area (Å²) in [4.78, 5) is 11.2. The summed E-state index contributed by atoms with van der Waals surface area (Å²) in [7, 11) is -3.48. The summed E-state index contributed by atoms with van der Waals surface area (Å²) in [6.07, 6.45) is -14.3. The molecule has 1 amide bonds. The molecule has 33 heavy (non-hydrogen) atoms. The monoisotopic (exact) mass is 515 g/mol. The van der Waals surface area contributed by atoms with Crippen molar-refractivity contribution in [2.75, 3.05) is 5.32 Å². The Morgan fingerprint density at radius 1 is 0.758 bits per heavy atom. The molecule has 0 radical (unpaired) electrons. The van der Waals surface area contributed by atoms with Crippen LogP contribution in [0.1, 0.15) is 18.1 Å². The molecule has 0 heterocycles. The fraction of sp³-hybridized carbons (Fsp3) is 0.500. The number of anilines is 1. The maximum Gasteiger partial charge on any atom is 0.489 e. The lowest BCUT2D eigenvalue weighted by molar-refractivity contribution is -0.360. The van der Waals surface area contributed by atoms with E-state index < -0.39 is 83.5 Å². The quantitative estimate of drug-likeness (QED) is 0.398. The van der Waals surface area contributed by atoms with Gasteiger partial charge in [-0.15, -0.1) is 0 Å². The first-order valence-corrected chi connectivity index (χ1v) is 7.82. The first kappa shape index (κ1) is 28.7. The van der Waals surface area contributed by atoms with Gasteiger partial charge in [-0.05, 0) is 5.46 Å². The highest BCUT2D eigenvalue weighted by Crippen LogP contribution is 2.57. The van der Waals surface area contributed by atoms with Crippen LogP contribution in [-0.2, 0) is 16.6 Å². The molecule has 0 spiro atoms. The van der Waals surface area contributed by atoms with Crippen LogP contribution < -0.4 is 10.8 Å². The minimum Gasteiger partial charge on any atom is -0.423 e. The van der Waals surface area contributed by atoms with Crippen LogP contribution >= 0.6 is 0 Å². The minimum absolute atomic E-state index is 0.204. The van der Waals surface area contributed by atoms with E-state index in [2.05, 4.69) is 0 Å². The third kappa shape index (κ3) is 4.56. The highest BCUT2D eigenvalue weighted by Gasteiger charge is 2.76. The highest BCUT2D eigenvalue weighted by atomic mass is 19.4. The lowest BCUT2D eigenvalue weighted by atomic mass is 9.72. The SMILES string of the molecule is CC(=O)Nc1c(C(F)(F)C(F)(F)C(F)(F)F)ccc(B(O)O)c1C(F)(F)C(F)(F)C(F)(F)F. The molecule has 0 atom stereocenters. The van der Waals surface area contributed by atoms with Gasteiger partial charge in [-0.25, -0.2) is 0 Å². The number of halogens is 14. The van der Waals surface area contributed by atoms with Gasteiger partial charge in [0.05, 0.1) is 16.8 Å². The van der Waals surface area contributed by atoms with Crippen LogP contribution in [0.25, 0.3) is 0 Å². The zero-order valence-corrected chi connectivity index (χ0v) is 15.3. The molecule has 3 N–H and O–H groups in total. The van der Waals surface area contributed by atoms with Crippen molar-refractivity contribution in [3.8, 4) is 0 Å². The number of hydrogen-bond acceptors (Lipinski definition) is 3. The van der Waals surface area contributed by atoms with Crippen LogP contribution in [0.4, 0.5) is 67.2 Å². The van der Waals surface area contributed by atoms with Gasteiger partial charge in [-0.2, -0.15) is 61.5 Å². The van der Waals surface area contributed by atoms with Crippen LogP contribution in [0.5, 0.6) is 0 Å². The average molecular weight is 515 g/mol. The predicted molar refractivity (Wildman–Crippen MR) is 80.4 cm³/mol. The van der Waals surface area contributed by atoms with Crippen LogP contribution in [-0.4, -0.2) is 47.3 Å². The summed E-state index contributed by atoms with van der Waals surface area (Å²) in [5.74, 6) is -29.7. The summed E-state index contributed by atoms with van der Waals surface area (Å²) in [6.45, 7) is 0.204. The molecule has 1 aromatic carbocycles. The Bertz CT molecular complexity index is 910. The van der Waals surface area contributed by atoms with Crippen LogP contribution in [0.15, 0.2) is 12.1 Å². The Kier molecular flexibility index (Phi) is 7.12. The Morgan fingerprint density at radius 2 is 1.15 bits per heavy atom. The van der Waals surface area contributed by atoms with Gasteiger partial charge in [0.2, 0.25) is 5.91 Å². The van der Waals surface area contributed by atoms with E-state index in [1.54, 1.807) is 0 Å². The van der Waals surface area contributed by atoms with E-state index >= 15 is 0 Å². The van der Waals surface area contributed by atoms with E-state index in [4.69, 9.17) is 10.0 Å². The number of hydrogen-bond donors (Lipinski definition) is 3. The molecule has 1 aromatic rings. The molecule has 0 aliphatic carbocycles. The topological polar surface area (TPSA) is 69.6 Å². The largest absolute Gasteiger partial charge is 0.489 e. The molecule has 1 rings (SSSR count). The predicted octanol–water partition coefficient (Wildman–Crippen LogP) is 3.90. The fourth-order valence-electron chi connectivity index (χ4n) is 2.42. The summed E-state index contributed by atoms with van der Waals surface area (Å²) in [6, 6.07) is -1.15.